The van der Waals surface area contributed by atoms with Crippen molar-refractivity contribution in [1.29, 1.82) is 0 Å². The Bertz CT molecular complexity index is 1040. The summed E-state index contributed by atoms with van der Waals surface area (Å²) in [6.07, 6.45) is 0. The van der Waals surface area contributed by atoms with Crippen molar-refractivity contribution in [2.45, 2.75) is 6.04 Å². The van der Waals surface area contributed by atoms with Crippen molar-refractivity contribution in [1.82, 2.24) is 9.80 Å². The largest absolute Gasteiger partial charge is 0.481 e. The number of hydrogen-bond donors (Lipinski definition) is 2. The van der Waals surface area contributed by atoms with E-state index in [1.807, 2.05) is 36.4 Å². The predicted octanol–water partition coefficient (Wildman–Crippen LogP) is 1.78. The summed E-state index contributed by atoms with van der Waals surface area (Å²) in [6, 6.07) is 14.3. The van der Waals surface area contributed by atoms with Gasteiger partial charge < -0.3 is 20.2 Å². The Morgan fingerprint density at radius 1 is 1.03 bits per heavy atom. The summed E-state index contributed by atoms with van der Waals surface area (Å²) in [5.41, 5.74) is 2.73. The lowest BCUT2D eigenvalue weighted by atomic mass is 10.0. The number of nitrogens with zero attached hydrogens (tertiary/aromatic N) is 2. The van der Waals surface area contributed by atoms with Crippen molar-refractivity contribution in [3.05, 3.63) is 54.1 Å². The van der Waals surface area contributed by atoms with Crippen molar-refractivity contribution < 1.29 is 24.3 Å². The van der Waals surface area contributed by atoms with Crippen molar-refractivity contribution in [2.24, 2.45) is 0 Å². The highest BCUT2D eigenvalue weighted by atomic mass is 32.2. The number of carboxylic acids is 1. The topological polar surface area (TPSA) is 107 Å². The van der Waals surface area contributed by atoms with E-state index in [1.165, 1.54) is 9.80 Å². The maximum Gasteiger partial charge on any atom is 0.313 e. The summed E-state index contributed by atoms with van der Waals surface area (Å²) in [5, 5.41) is 11.5. The zero-order valence-electron chi connectivity index (χ0n) is 16.6. The highest BCUT2D eigenvalue weighted by molar-refractivity contribution is 8.00. The van der Waals surface area contributed by atoms with Crippen LogP contribution in [0.2, 0.25) is 0 Å². The Kier molecular flexibility index (Phi) is 5.94. The molecule has 2 N–H and O–H groups in total. The van der Waals surface area contributed by atoms with E-state index in [0.29, 0.717) is 17.8 Å². The molecule has 1 unspecified atom stereocenters. The second kappa shape index (κ2) is 8.81. The van der Waals surface area contributed by atoms with Crippen LogP contribution >= 0.6 is 11.8 Å². The van der Waals surface area contributed by atoms with E-state index in [0.717, 1.165) is 22.9 Å². The van der Waals surface area contributed by atoms with Crippen LogP contribution in [0.1, 0.15) is 10.4 Å². The molecule has 0 aromatic heterocycles. The fourth-order valence-electron chi connectivity index (χ4n) is 3.80. The first-order chi connectivity index (χ1) is 14.9. The van der Waals surface area contributed by atoms with Gasteiger partial charge in [-0.25, -0.2) is 0 Å². The first-order valence-corrected chi connectivity index (χ1v) is 11.0. The third-order valence-corrected chi connectivity index (χ3v) is 6.26. The zero-order chi connectivity index (χ0) is 22.0. The minimum Gasteiger partial charge on any atom is -0.481 e. The van der Waals surface area contributed by atoms with E-state index in [1.54, 1.807) is 12.1 Å². The molecule has 8 nitrogen and oxygen atoms in total. The van der Waals surface area contributed by atoms with E-state index in [-0.39, 0.29) is 42.3 Å². The number of nitrogens with one attached hydrogen (secondary N) is 1. The number of rotatable bonds is 5. The maximum atomic E-state index is 13.3. The first-order valence-electron chi connectivity index (χ1n) is 9.82. The number of carboxylic acid groups (broad SMARTS) is 1. The number of fused-ring (bicyclic) bond motifs is 2. The lowest BCUT2D eigenvalue weighted by Crippen LogP contribution is -2.59. The molecule has 3 amide bonds. The van der Waals surface area contributed by atoms with Gasteiger partial charge >= 0.3 is 5.97 Å². The molecule has 2 aromatic rings. The molecule has 9 heteroatoms. The number of piperazine rings is 1. The van der Waals surface area contributed by atoms with Crippen LogP contribution in [0.15, 0.2) is 48.5 Å². The number of thioether (sulfide) groups is 1. The van der Waals surface area contributed by atoms with Crippen molar-refractivity contribution in [3.63, 3.8) is 0 Å². The molecule has 0 radical (unpaired) electrons. The van der Waals surface area contributed by atoms with Crippen LogP contribution in [0.5, 0.6) is 0 Å². The second-order valence-corrected chi connectivity index (χ2v) is 8.34. The highest BCUT2D eigenvalue weighted by Gasteiger charge is 2.40. The molecular formula is C22H21N3O5S. The fourth-order valence-corrected chi connectivity index (χ4v) is 4.44. The number of aliphatic carboxylic acids is 1. The molecule has 0 aliphatic carbocycles. The molecule has 2 aromatic carbocycles. The van der Waals surface area contributed by atoms with Crippen molar-refractivity contribution in [2.75, 3.05) is 36.5 Å². The number of carbonyl (C=O) groups excluding carboxylic acids is 3. The van der Waals surface area contributed by atoms with E-state index in [4.69, 9.17) is 5.11 Å². The third kappa shape index (κ3) is 4.41. The fraction of sp³-hybridized carbons (Fsp3) is 0.273. The van der Waals surface area contributed by atoms with Gasteiger partial charge in [-0.2, -0.15) is 0 Å². The van der Waals surface area contributed by atoms with Gasteiger partial charge in [0.05, 0.1) is 29.3 Å². The zero-order valence-corrected chi connectivity index (χ0v) is 17.4. The SMILES string of the molecule is O=C(O)CSCC(=O)N1CCN2C(=O)c3cc(-c4ccccc4)ccc3NC(=O)C2C1. The van der Waals surface area contributed by atoms with Gasteiger partial charge in [0, 0.05) is 13.1 Å². The van der Waals surface area contributed by atoms with E-state index in [9.17, 15) is 19.2 Å². The van der Waals surface area contributed by atoms with Gasteiger partial charge in [-0.3, -0.25) is 19.2 Å². The Morgan fingerprint density at radius 3 is 2.55 bits per heavy atom. The summed E-state index contributed by atoms with van der Waals surface area (Å²) >= 11 is 1.02. The molecule has 2 aliphatic rings. The molecule has 4 rings (SSSR count). The molecular weight excluding hydrogens is 418 g/mol. The van der Waals surface area contributed by atoms with Gasteiger partial charge in [0.15, 0.2) is 0 Å². The van der Waals surface area contributed by atoms with Gasteiger partial charge in [0.25, 0.3) is 5.91 Å². The quantitative estimate of drug-likeness (QED) is 0.736. The Balaban J connectivity index is 1.53. The van der Waals surface area contributed by atoms with Gasteiger partial charge in [-0.15, -0.1) is 11.8 Å². The highest BCUT2D eigenvalue weighted by Crippen LogP contribution is 2.30. The summed E-state index contributed by atoms with van der Waals surface area (Å²) in [5.74, 6) is -1.94. The van der Waals surface area contributed by atoms with Crippen molar-refractivity contribution >= 4 is 41.1 Å². The van der Waals surface area contributed by atoms with Crippen LogP contribution in [0, 0.1) is 0 Å². The molecule has 0 saturated carbocycles. The minimum atomic E-state index is -0.982. The van der Waals surface area contributed by atoms with E-state index >= 15 is 0 Å². The molecule has 160 valence electrons. The van der Waals surface area contributed by atoms with Gasteiger partial charge in [0.1, 0.15) is 6.04 Å². The molecule has 0 spiro atoms. The molecule has 1 fully saturated rings. The van der Waals surface area contributed by atoms with Crippen LogP contribution in [-0.2, 0) is 14.4 Å². The van der Waals surface area contributed by atoms with Crippen LogP contribution in [0.4, 0.5) is 5.69 Å². The van der Waals surface area contributed by atoms with Crippen LogP contribution in [-0.4, -0.2) is 75.8 Å². The number of anilines is 1. The standard InChI is InChI=1S/C22H21N3O5S/c26-19(12-31-13-20(27)28)24-8-9-25-18(11-24)21(29)23-17-7-6-15(10-16(17)22(25)30)14-4-2-1-3-5-14/h1-7,10,18H,8-9,11-13H2,(H,23,29)(H,27,28). The van der Waals surface area contributed by atoms with Crippen molar-refractivity contribution in [3.8, 4) is 11.1 Å². The van der Waals surface area contributed by atoms with E-state index in [2.05, 4.69) is 5.32 Å². The van der Waals surface area contributed by atoms with Gasteiger partial charge in [-0.1, -0.05) is 36.4 Å². The average molecular weight is 439 g/mol. The first kappa shape index (κ1) is 20.9. The summed E-state index contributed by atoms with van der Waals surface area (Å²) in [6.45, 7) is 0.626. The lowest BCUT2D eigenvalue weighted by molar-refractivity contribution is -0.134. The lowest BCUT2D eigenvalue weighted by Gasteiger charge is -2.39. The Labute approximate surface area is 183 Å². The van der Waals surface area contributed by atoms with Gasteiger partial charge in [0.2, 0.25) is 11.8 Å². The molecule has 1 saturated heterocycles. The normalized spacial score (nSPS) is 18.0. The predicted molar refractivity (Wildman–Crippen MR) is 117 cm³/mol. The molecule has 2 heterocycles. The monoisotopic (exact) mass is 439 g/mol. The van der Waals surface area contributed by atoms with Gasteiger partial charge in [-0.05, 0) is 23.3 Å². The summed E-state index contributed by atoms with van der Waals surface area (Å²) in [7, 11) is 0. The van der Waals surface area contributed by atoms with Crippen LogP contribution < -0.4 is 5.32 Å². The summed E-state index contributed by atoms with van der Waals surface area (Å²) < 4.78 is 0. The maximum absolute atomic E-state index is 13.3. The third-order valence-electron chi connectivity index (χ3n) is 5.36. The average Bonchev–Trinajstić information content (AvgIpc) is 2.88. The van der Waals surface area contributed by atoms with Crippen LogP contribution in [0.3, 0.4) is 0 Å². The van der Waals surface area contributed by atoms with E-state index < -0.39 is 12.0 Å². The minimum absolute atomic E-state index is 0.0231. The number of benzene rings is 2. The number of amides is 3. The smallest absolute Gasteiger partial charge is 0.313 e. The summed E-state index contributed by atoms with van der Waals surface area (Å²) in [4.78, 5) is 52.2. The molecule has 0 bridgehead atoms. The molecule has 2 aliphatic heterocycles. The Morgan fingerprint density at radius 2 is 1.81 bits per heavy atom. The molecule has 31 heavy (non-hydrogen) atoms. The Hall–Kier alpha value is -3.33. The number of hydrogen-bond acceptors (Lipinski definition) is 5. The molecule has 1 atom stereocenters. The van der Waals surface area contributed by atoms with Crippen LogP contribution in [0.25, 0.3) is 11.1 Å². The number of carbonyl (C=O) groups is 4. The second-order valence-electron chi connectivity index (χ2n) is 7.36.